The Kier molecular flexibility index (Phi) is 3.31. The number of hydrogen-bond acceptors (Lipinski definition) is 5. The van der Waals surface area contributed by atoms with Crippen molar-refractivity contribution in [3.8, 4) is 0 Å². The summed E-state index contributed by atoms with van der Waals surface area (Å²) in [5, 5.41) is 9.28. The molecule has 0 saturated heterocycles. The zero-order valence-corrected chi connectivity index (χ0v) is 9.15. The lowest BCUT2D eigenvalue weighted by Crippen LogP contribution is -1.96. The lowest BCUT2D eigenvalue weighted by atomic mass is 10.4. The van der Waals surface area contributed by atoms with Crippen LogP contribution in [0.25, 0.3) is 11.2 Å². The number of carboxylic acids is 1. The van der Waals surface area contributed by atoms with Gasteiger partial charge in [0.2, 0.25) is 0 Å². The first-order chi connectivity index (χ1) is 7.75. The zero-order chi connectivity index (χ0) is 11.4. The monoisotopic (exact) mass is 235 g/mol. The topological polar surface area (TPSA) is 76.0 Å². The first-order valence-electron chi connectivity index (χ1n) is 4.68. The number of hydrogen-bond donors (Lipinski definition) is 1. The Morgan fingerprint density at radius 2 is 2.12 bits per heavy atom. The molecule has 1 N–H and O–H groups in total. The molecule has 0 unspecified atom stereocenters. The maximum Gasteiger partial charge on any atom is 0.304 e. The molecule has 82 valence electrons. The number of thioether (sulfide) groups is 1. The van der Waals surface area contributed by atoms with Crippen LogP contribution in [0, 0.1) is 0 Å². The van der Waals surface area contributed by atoms with E-state index in [0.717, 1.165) is 10.5 Å². The van der Waals surface area contributed by atoms with E-state index in [4.69, 9.17) is 5.11 Å². The largest absolute Gasteiger partial charge is 0.481 e. The van der Waals surface area contributed by atoms with Crippen molar-refractivity contribution in [2.75, 3.05) is 5.75 Å². The van der Waals surface area contributed by atoms with Gasteiger partial charge in [-0.3, -0.25) is 9.78 Å². The number of carboxylic acid groups (broad SMARTS) is 1. The van der Waals surface area contributed by atoms with Crippen LogP contribution >= 0.6 is 11.8 Å². The van der Waals surface area contributed by atoms with E-state index in [2.05, 4.69) is 15.0 Å². The maximum absolute atomic E-state index is 10.3. The zero-order valence-electron chi connectivity index (χ0n) is 8.33. The third-order valence-corrected chi connectivity index (χ3v) is 2.80. The number of aliphatic carboxylic acids is 1. The highest BCUT2D eigenvalue weighted by molar-refractivity contribution is 7.99. The van der Waals surface area contributed by atoms with Gasteiger partial charge in [-0.05, 0) is 12.1 Å². The van der Waals surface area contributed by atoms with Gasteiger partial charge in [0.05, 0.1) is 11.4 Å². The maximum atomic E-state index is 10.3. The molecule has 16 heavy (non-hydrogen) atoms. The molecule has 0 amide bonds. The Morgan fingerprint density at radius 1 is 1.31 bits per heavy atom. The number of aromatic nitrogens is 3. The van der Waals surface area contributed by atoms with Crippen molar-refractivity contribution < 1.29 is 9.90 Å². The van der Waals surface area contributed by atoms with Gasteiger partial charge >= 0.3 is 5.97 Å². The highest BCUT2D eigenvalue weighted by atomic mass is 32.2. The van der Waals surface area contributed by atoms with Crippen molar-refractivity contribution in [3.63, 3.8) is 0 Å². The molecule has 5 nitrogen and oxygen atoms in total. The van der Waals surface area contributed by atoms with Crippen LogP contribution in [-0.4, -0.2) is 31.8 Å². The minimum Gasteiger partial charge on any atom is -0.481 e. The summed E-state index contributed by atoms with van der Waals surface area (Å²) in [4.78, 5) is 22.8. The minimum atomic E-state index is -0.798. The fraction of sp³-hybridized carbons (Fsp3) is 0.200. The van der Waals surface area contributed by atoms with Gasteiger partial charge in [0.25, 0.3) is 0 Å². The van der Waals surface area contributed by atoms with Gasteiger partial charge in [0.15, 0.2) is 5.65 Å². The molecule has 0 spiro atoms. The molecule has 0 aromatic carbocycles. The molecule has 0 fully saturated rings. The fourth-order valence-electron chi connectivity index (χ4n) is 1.16. The molecule has 2 rings (SSSR count). The SMILES string of the molecule is O=C(O)CCSc1ccc2nccnc2n1. The normalized spacial score (nSPS) is 10.5. The second kappa shape index (κ2) is 4.89. The Hall–Kier alpha value is -1.69. The second-order valence-corrected chi connectivity index (χ2v) is 4.16. The first kappa shape index (κ1) is 10.8. The van der Waals surface area contributed by atoms with Gasteiger partial charge < -0.3 is 5.11 Å². The average Bonchev–Trinajstić information content (AvgIpc) is 2.28. The van der Waals surface area contributed by atoms with E-state index in [1.165, 1.54) is 11.8 Å². The Bertz CT molecular complexity index is 518. The smallest absolute Gasteiger partial charge is 0.304 e. The van der Waals surface area contributed by atoms with E-state index in [-0.39, 0.29) is 6.42 Å². The minimum absolute atomic E-state index is 0.130. The molecular formula is C10H9N3O2S. The molecule has 2 aromatic heterocycles. The van der Waals surface area contributed by atoms with Crippen molar-refractivity contribution in [1.29, 1.82) is 0 Å². The quantitative estimate of drug-likeness (QED) is 0.811. The molecule has 6 heteroatoms. The number of rotatable bonds is 4. The standard InChI is InChI=1S/C10H9N3O2S/c14-9(15)3-6-16-8-2-1-7-10(13-8)12-5-4-11-7/h1-2,4-5H,3,6H2,(H,14,15). The molecule has 0 radical (unpaired) electrons. The average molecular weight is 235 g/mol. The van der Waals surface area contributed by atoms with Crippen LogP contribution in [0.1, 0.15) is 6.42 Å². The molecule has 0 atom stereocenters. The van der Waals surface area contributed by atoms with Crippen molar-refractivity contribution >= 4 is 28.9 Å². The third kappa shape index (κ3) is 2.66. The summed E-state index contributed by atoms with van der Waals surface area (Å²) in [6.45, 7) is 0. The summed E-state index contributed by atoms with van der Waals surface area (Å²) >= 11 is 1.40. The van der Waals surface area contributed by atoms with E-state index in [1.807, 2.05) is 12.1 Å². The molecule has 0 aliphatic rings. The predicted molar refractivity (Wildman–Crippen MR) is 60.3 cm³/mol. The van der Waals surface area contributed by atoms with E-state index >= 15 is 0 Å². The van der Waals surface area contributed by atoms with Crippen molar-refractivity contribution in [2.24, 2.45) is 0 Å². The Morgan fingerprint density at radius 3 is 2.94 bits per heavy atom. The summed E-state index contributed by atoms with van der Waals surface area (Å²) in [5.74, 6) is -0.290. The number of nitrogens with zero attached hydrogens (tertiary/aromatic N) is 3. The van der Waals surface area contributed by atoms with Crippen LogP contribution in [0.3, 0.4) is 0 Å². The molecular weight excluding hydrogens is 226 g/mol. The predicted octanol–water partition coefficient (Wildman–Crippen LogP) is 1.59. The van der Waals surface area contributed by atoms with Crippen molar-refractivity contribution in [2.45, 2.75) is 11.4 Å². The van der Waals surface area contributed by atoms with Crippen LogP contribution in [0.2, 0.25) is 0 Å². The number of pyridine rings is 1. The van der Waals surface area contributed by atoms with E-state index in [0.29, 0.717) is 11.4 Å². The van der Waals surface area contributed by atoms with E-state index < -0.39 is 5.97 Å². The molecule has 0 aliphatic heterocycles. The summed E-state index contributed by atoms with van der Waals surface area (Å²) in [6.07, 6.45) is 3.33. The van der Waals surface area contributed by atoms with Gasteiger partial charge in [-0.15, -0.1) is 11.8 Å². The van der Waals surface area contributed by atoms with Gasteiger partial charge in [0.1, 0.15) is 5.52 Å². The molecule has 0 bridgehead atoms. The highest BCUT2D eigenvalue weighted by Gasteiger charge is 2.02. The van der Waals surface area contributed by atoms with Gasteiger partial charge in [-0.25, -0.2) is 9.97 Å². The van der Waals surface area contributed by atoms with Crippen LogP contribution in [0.5, 0.6) is 0 Å². The Balaban J connectivity index is 2.10. The van der Waals surface area contributed by atoms with E-state index in [1.54, 1.807) is 12.4 Å². The fourth-order valence-corrected chi connectivity index (χ4v) is 1.96. The lowest BCUT2D eigenvalue weighted by molar-refractivity contribution is -0.136. The first-order valence-corrected chi connectivity index (χ1v) is 5.66. The second-order valence-electron chi connectivity index (χ2n) is 3.04. The van der Waals surface area contributed by atoms with Crippen LogP contribution < -0.4 is 0 Å². The van der Waals surface area contributed by atoms with Crippen LogP contribution in [-0.2, 0) is 4.79 Å². The van der Waals surface area contributed by atoms with E-state index in [9.17, 15) is 4.79 Å². The molecule has 2 aromatic rings. The number of fused-ring (bicyclic) bond motifs is 1. The summed E-state index contributed by atoms with van der Waals surface area (Å²) in [6, 6.07) is 3.65. The Labute approximate surface area is 95.9 Å². The van der Waals surface area contributed by atoms with Crippen LogP contribution in [0.4, 0.5) is 0 Å². The van der Waals surface area contributed by atoms with Crippen molar-refractivity contribution in [3.05, 3.63) is 24.5 Å². The summed E-state index contributed by atoms with van der Waals surface area (Å²) in [5.41, 5.74) is 1.33. The molecule has 0 aliphatic carbocycles. The third-order valence-electron chi connectivity index (χ3n) is 1.87. The van der Waals surface area contributed by atoms with Crippen molar-refractivity contribution in [1.82, 2.24) is 15.0 Å². The highest BCUT2D eigenvalue weighted by Crippen LogP contribution is 2.18. The molecule has 0 saturated carbocycles. The summed E-state index contributed by atoms with van der Waals surface area (Å²) < 4.78 is 0. The van der Waals surface area contributed by atoms with Gasteiger partial charge in [-0.1, -0.05) is 0 Å². The van der Waals surface area contributed by atoms with Gasteiger partial charge in [-0.2, -0.15) is 0 Å². The summed E-state index contributed by atoms with van der Waals surface area (Å²) in [7, 11) is 0. The van der Waals surface area contributed by atoms with Gasteiger partial charge in [0, 0.05) is 18.1 Å². The molecule has 2 heterocycles. The lowest BCUT2D eigenvalue weighted by Gasteiger charge is -2.00. The number of carbonyl (C=O) groups is 1. The van der Waals surface area contributed by atoms with Crippen LogP contribution in [0.15, 0.2) is 29.6 Å².